The van der Waals surface area contributed by atoms with E-state index in [4.69, 9.17) is 18.8 Å². The van der Waals surface area contributed by atoms with Crippen molar-refractivity contribution in [2.45, 2.75) is 46.0 Å². The summed E-state index contributed by atoms with van der Waals surface area (Å²) in [6.07, 6.45) is 1.44. The summed E-state index contributed by atoms with van der Waals surface area (Å²) in [4.78, 5) is 35.8. The van der Waals surface area contributed by atoms with Crippen LogP contribution in [0.4, 0.5) is 0 Å². The molecule has 1 aliphatic rings. The van der Waals surface area contributed by atoms with E-state index in [-0.39, 0.29) is 23.3 Å². The zero-order valence-corrected chi connectivity index (χ0v) is 16.7. The monoisotopic (exact) mass is 391 g/mol. The van der Waals surface area contributed by atoms with Crippen molar-refractivity contribution in [2.24, 2.45) is 5.92 Å². The van der Waals surface area contributed by atoms with Crippen molar-refractivity contribution in [1.82, 2.24) is 5.32 Å². The Hall–Kier alpha value is -2.55. The van der Waals surface area contributed by atoms with E-state index >= 15 is 0 Å². The summed E-state index contributed by atoms with van der Waals surface area (Å²) in [7, 11) is 0.732. The van der Waals surface area contributed by atoms with Crippen molar-refractivity contribution in [3.63, 3.8) is 0 Å². The lowest BCUT2D eigenvalue weighted by molar-refractivity contribution is -0.156. The van der Waals surface area contributed by atoms with Crippen LogP contribution >= 0.6 is 0 Å². The molecule has 8 nitrogen and oxygen atoms in total. The van der Waals surface area contributed by atoms with Crippen molar-refractivity contribution in [3.05, 3.63) is 29.3 Å². The van der Waals surface area contributed by atoms with Gasteiger partial charge in [0.05, 0.1) is 11.9 Å². The van der Waals surface area contributed by atoms with Gasteiger partial charge in [0, 0.05) is 13.5 Å². The number of hydrogen-bond donors (Lipinski definition) is 1. The third-order valence-corrected chi connectivity index (χ3v) is 4.62. The van der Waals surface area contributed by atoms with Gasteiger partial charge in [-0.05, 0) is 24.5 Å². The quantitative estimate of drug-likeness (QED) is 0.410. The maximum Gasteiger partial charge on any atom is 0.549 e. The predicted molar refractivity (Wildman–Crippen MR) is 102 cm³/mol. The Labute approximate surface area is 165 Å². The highest BCUT2D eigenvalue weighted by molar-refractivity contribution is 6.48. The molecule has 0 spiro atoms. The molecule has 2 unspecified atom stereocenters. The second-order valence-corrected chi connectivity index (χ2v) is 6.57. The molecule has 0 aliphatic carbocycles. The van der Waals surface area contributed by atoms with Crippen molar-refractivity contribution in [3.8, 4) is 5.75 Å². The number of rotatable bonds is 8. The number of fused-ring (bicyclic) bond motifs is 1. The van der Waals surface area contributed by atoms with Crippen molar-refractivity contribution >= 4 is 25.0 Å². The molecule has 0 fully saturated rings. The van der Waals surface area contributed by atoms with Crippen LogP contribution in [0.15, 0.2) is 18.2 Å². The number of ether oxygens (including phenoxy) is 2. The van der Waals surface area contributed by atoms with E-state index in [1.807, 2.05) is 13.0 Å². The molecule has 0 saturated heterocycles. The Morgan fingerprint density at radius 2 is 2.04 bits per heavy atom. The summed E-state index contributed by atoms with van der Waals surface area (Å²) < 4.78 is 21.2. The topological polar surface area (TPSA) is 100 Å². The van der Waals surface area contributed by atoms with E-state index in [1.54, 1.807) is 26.0 Å². The maximum atomic E-state index is 12.4. The minimum Gasteiger partial charge on any atom is -0.534 e. The van der Waals surface area contributed by atoms with Gasteiger partial charge in [-0.15, -0.1) is 0 Å². The smallest absolute Gasteiger partial charge is 0.534 e. The molecule has 0 aromatic heterocycles. The van der Waals surface area contributed by atoms with E-state index in [9.17, 15) is 14.4 Å². The lowest BCUT2D eigenvalue weighted by Gasteiger charge is -2.30. The van der Waals surface area contributed by atoms with Crippen molar-refractivity contribution in [2.75, 3.05) is 13.9 Å². The van der Waals surface area contributed by atoms with E-state index < -0.39 is 25.8 Å². The first-order valence-electron chi connectivity index (χ1n) is 9.35. The minimum atomic E-state index is -0.736. The molecule has 0 saturated carbocycles. The van der Waals surface area contributed by atoms with Gasteiger partial charge in [-0.1, -0.05) is 32.9 Å². The van der Waals surface area contributed by atoms with Gasteiger partial charge < -0.3 is 24.1 Å². The SMILES string of the molecule is CCC(=O)NC1Cc2cccc(C(=O)OCOC(=O)C(C)CC)c2OB1OC. The molecule has 1 aromatic carbocycles. The molecule has 28 heavy (non-hydrogen) atoms. The van der Waals surface area contributed by atoms with Crippen LogP contribution in [-0.4, -0.2) is 44.8 Å². The second kappa shape index (κ2) is 10.1. The lowest BCUT2D eigenvalue weighted by Crippen LogP contribution is -2.54. The molecule has 2 rings (SSSR count). The average Bonchev–Trinajstić information content (AvgIpc) is 2.71. The first-order chi connectivity index (χ1) is 13.4. The number of carbonyl (C=O) groups excluding carboxylic acids is 3. The fourth-order valence-electron chi connectivity index (χ4n) is 2.74. The Kier molecular flexibility index (Phi) is 7.86. The summed E-state index contributed by atoms with van der Waals surface area (Å²) in [5, 5.41) is 2.86. The van der Waals surface area contributed by atoms with Crippen LogP contribution in [0.2, 0.25) is 0 Å². The van der Waals surface area contributed by atoms with Gasteiger partial charge in [-0.2, -0.15) is 0 Å². The predicted octanol–water partition coefficient (Wildman–Crippen LogP) is 1.89. The Morgan fingerprint density at radius 3 is 2.68 bits per heavy atom. The molecule has 1 heterocycles. The van der Waals surface area contributed by atoms with Gasteiger partial charge in [-0.25, -0.2) is 4.79 Å². The van der Waals surface area contributed by atoms with Crippen LogP contribution in [-0.2, 0) is 30.1 Å². The van der Waals surface area contributed by atoms with Gasteiger partial charge in [0.2, 0.25) is 12.7 Å². The van der Waals surface area contributed by atoms with Crippen LogP contribution in [0.1, 0.15) is 49.5 Å². The van der Waals surface area contributed by atoms with Crippen LogP contribution in [0.5, 0.6) is 5.75 Å². The minimum absolute atomic E-state index is 0.113. The number of benzene rings is 1. The Balaban J connectivity index is 2.08. The highest BCUT2D eigenvalue weighted by Gasteiger charge is 2.39. The molecule has 1 aromatic rings. The van der Waals surface area contributed by atoms with Crippen LogP contribution in [0.25, 0.3) is 0 Å². The summed E-state index contributed by atoms with van der Waals surface area (Å²) in [5.41, 5.74) is 0.958. The molecule has 2 atom stereocenters. The molecule has 152 valence electrons. The van der Waals surface area contributed by atoms with Crippen LogP contribution < -0.4 is 9.97 Å². The van der Waals surface area contributed by atoms with E-state index in [2.05, 4.69) is 5.32 Å². The zero-order valence-electron chi connectivity index (χ0n) is 16.7. The fraction of sp³-hybridized carbons (Fsp3) is 0.526. The number of nitrogens with one attached hydrogen (secondary N) is 1. The second-order valence-electron chi connectivity index (χ2n) is 6.57. The third-order valence-electron chi connectivity index (χ3n) is 4.62. The molecular weight excluding hydrogens is 365 g/mol. The van der Waals surface area contributed by atoms with Gasteiger partial charge in [0.1, 0.15) is 11.3 Å². The average molecular weight is 391 g/mol. The zero-order chi connectivity index (χ0) is 20.7. The molecule has 1 N–H and O–H groups in total. The summed E-state index contributed by atoms with van der Waals surface area (Å²) in [5.74, 6) is -1.49. The summed E-state index contributed by atoms with van der Waals surface area (Å²) >= 11 is 0. The molecular formula is C19H26BNO7. The van der Waals surface area contributed by atoms with Gasteiger partial charge in [0.15, 0.2) is 0 Å². The molecule has 0 bridgehead atoms. The van der Waals surface area contributed by atoms with Gasteiger partial charge >= 0.3 is 19.1 Å². The van der Waals surface area contributed by atoms with E-state index in [0.717, 1.165) is 5.56 Å². The lowest BCUT2D eigenvalue weighted by atomic mass is 9.71. The number of hydrogen-bond acceptors (Lipinski definition) is 7. The Morgan fingerprint density at radius 1 is 1.29 bits per heavy atom. The largest absolute Gasteiger partial charge is 0.549 e. The van der Waals surface area contributed by atoms with E-state index in [0.29, 0.717) is 25.0 Å². The molecule has 1 aliphatic heterocycles. The van der Waals surface area contributed by atoms with Crippen LogP contribution in [0.3, 0.4) is 0 Å². The third kappa shape index (κ3) is 5.25. The maximum absolute atomic E-state index is 12.4. The number of para-hydroxylation sites is 1. The Bertz CT molecular complexity index is 724. The van der Waals surface area contributed by atoms with Crippen molar-refractivity contribution in [1.29, 1.82) is 0 Å². The first-order valence-corrected chi connectivity index (χ1v) is 9.35. The standard InChI is InChI=1S/C19H26BNO7/c1-5-12(3)18(23)26-11-27-19(24)14-9-7-8-13-10-15(21-16(22)6-2)20(25-4)28-17(13)14/h7-9,12,15H,5-6,10-11H2,1-4H3,(H,21,22). The summed E-state index contributed by atoms with van der Waals surface area (Å²) in [6.45, 7) is 4.91. The molecule has 9 heteroatoms. The first kappa shape index (κ1) is 21.8. The van der Waals surface area contributed by atoms with Gasteiger partial charge in [-0.3, -0.25) is 9.59 Å². The number of esters is 2. The number of carbonyl (C=O) groups is 3. The van der Waals surface area contributed by atoms with E-state index in [1.165, 1.54) is 7.11 Å². The fourth-order valence-corrected chi connectivity index (χ4v) is 2.74. The normalized spacial score (nSPS) is 16.4. The molecule has 1 amide bonds. The number of amides is 1. The van der Waals surface area contributed by atoms with Gasteiger partial charge in [0.25, 0.3) is 0 Å². The van der Waals surface area contributed by atoms with Crippen LogP contribution in [0, 0.1) is 5.92 Å². The summed E-state index contributed by atoms with van der Waals surface area (Å²) in [6, 6.07) is 5.08. The highest BCUT2D eigenvalue weighted by atomic mass is 16.7. The highest BCUT2D eigenvalue weighted by Crippen LogP contribution is 2.31. The van der Waals surface area contributed by atoms with Crippen molar-refractivity contribution < 1.29 is 33.2 Å². The molecule has 0 radical (unpaired) electrons.